The fraction of sp³-hybridized carbons (Fsp3) is 0.450. The molecule has 0 fully saturated rings. The molecule has 0 radical (unpaired) electrons. The monoisotopic (exact) mass is 410 g/mol. The molecule has 27 heavy (non-hydrogen) atoms. The maximum absolute atomic E-state index is 11.7. The summed E-state index contributed by atoms with van der Waals surface area (Å²) in [5, 5.41) is 21.0. The molecule has 0 aliphatic heterocycles. The minimum absolute atomic E-state index is 0.165. The molecule has 7 heteroatoms. The Labute approximate surface area is 166 Å². The second-order valence-electron chi connectivity index (χ2n) is 6.95. The predicted octanol–water partition coefficient (Wildman–Crippen LogP) is 5.82. The molecule has 0 atom stereocenters. The first-order valence-corrected chi connectivity index (χ1v) is 11.9. The number of hydrogen-bond acceptors (Lipinski definition) is 4. The van der Waals surface area contributed by atoms with Gasteiger partial charge >= 0.3 is 5.97 Å². The van der Waals surface area contributed by atoms with Crippen molar-refractivity contribution >= 4 is 36.7 Å². The molecule has 5 nitrogen and oxygen atoms in total. The van der Waals surface area contributed by atoms with Crippen LogP contribution in [0.25, 0.3) is 10.8 Å². The molecule has 2 N–H and O–H groups in total. The highest BCUT2D eigenvalue weighted by Crippen LogP contribution is 2.40. The fourth-order valence-electron chi connectivity index (χ4n) is 3.65. The minimum Gasteiger partial charge on any atom is -0.507 e. The van der Waals surface area contributed by atoms with Gasteiger partial charge in [-0.2, -0.15) is 0 Å². The highest BCUT2D eigenvalue weighted by atomic mass is 35.5. The van der Waals surface area contributed by atoms with Crippen LogP contribution in [0.3, 0.4) is 0 Å². The van der Waals surface area contributed by atoms with Gasteiger partial charge in [0.25, 0.3) is 0 Å². The first-order valence-electron chi connectivity index (χ1n) is 9.10. The number of aromatic carboxylic acids is 1. The van der Waals surface area contributed by atoms with Gasteiger partial charge in [0.1, 0.15) is 17.1 Å². The Morgan fingerprint density at radius 2 is 1.85 bits per heavy atom. The average molecular weight is 411 g/mol. The van der Waals surface area contributed by atoms with Gasteiger partial charge in [-0.3, -0.25) is 0 Å². The first kappa shape index (κ1) is 21.5. The zero-order valence-corrected chi connectivity index (χ0v) is 18.2. The Morgan fingerprint density at radius 3 is 2.33 bits per heavy atom. The molecule has 0 bridgehead atoms. The van der Waals surface area contributed by atoms with Crippen molar-refractivity contribution in [1.29, 1.82) is 0 Å². The van der Waals surface area contributed by atoms with Crippen molar-refractivity contribution in [2.45, 2.75) is 51.9 Å². The van der Waals surface area contributed by atoms with Crippen LogP contribution < -0.4 is 4.74 Å². The van der Waals surface area contributed by atoms with E-state index >= 15 is 0 Å². The Balaban J connectivity index is 2.67. The van der Waals surface area contributed by atoms with Crippen LogP contribution in [-0.4, -0.2) is 31.6 Å². The molecule has 0 aliphatic carbocycles. The number of ether oxygens (including phenoxy) is 1. The van der Waals surface area contributed by atoms with E-state index < -0.39 is 14.3 Å². The maximum atomic E-state index is 11.7. The van der Waals surface area contributed by atoms with Gasteiger partial charge in [0.05, 0.1) is 18.7 Å². The Kier molecular flexibility index (Phi) is 6.78. The number of carboxylic acid groups (broad SMARTS) is 1. The number of methoxy groups -OCH3 is 1. The van der Waals surface area contributed by atoms with Gasteiger partial charge in [0.2, 0.25) is 0 Å². The van der Waals surface area contributed by atoms with Crippen molar-refractivity contribution in [3.05, 3.63) is 34.3 Å². The largest absolute Gasteiger partial charge is 0.507 e. The molecule has 0 aromatic heterocycles. The third-order valence-corrected chi connectivity index (χ3v) is 11.1. The standard InChI is InChI=1S/C20H27ClO5Si/c1-6-27(7-2,12(3)4)26-11-15-13-8-9-16(22)18(20(23)24)14(13)10-17(25-5)19(15)21/h8-10,12,22H,6-7,11H2,1-5H3,(H,23,24). The molecule has 0 heterocycles. The summed E-state index contributed by atoms with van der Waals surface area (Å²) in [5.41, 5.74) is 0.969. The Bertz CT molecular complexity index is 846. The van der Waals surface area contributed by atoms with E-state index in [1.807, 2.05) is 0 Å². The summed E-state index contributed by atoms with van der Waals surface area (Å²) in [5.74, 6) is -1.14. The van der Waals surface area contributed by atoms with Crippen molar-refractivity contribution in [2.75, 3.05) is 7.11 Å². The number of phenols is 1. The van der Waals surface area contributed by atoms with Crippen LogP contribution in [0.2, 0.25) is 22.7 Å². The van der Waals surface area contributed by atoms with Crippen LogP contribution >= 0.6 is 11.6 Å². The Hall–Kier alpha value is -1.76. The normalized spacial score (nSPS) is 12.0. The van der Waals surface area contributed by atoms with Gasteiger partial charge in [-0.25, -0.2) is 4.79 Å². The zero-order chi connectivity index (χ0) is 20.4. The number of benzene rings is 2. The molecule has 2 aromatic rings. The Morgan fingerprint density at radius 1 is 1.22 bits per heavy atom. The van der Waals surface area contributed by atoms with Gasteiger partial charge in [0.15, 0.2) is 8.32 Å². The van der Waals surface area contributed by atoms with Crippen molar-refractivity contribution in [3.8, 4) is 11.5 Å². The van der Waals surface area contributed by atoms with Gasteiger partial charge in [-0.1, -0.05) is 45.4 Å². The highest BCUT2D eigenvalue weighted by Gasteiger charge is 2.35. The summed E-state index contributed by atoms with van der Waals surface area (Å²) in [6.07, 6.45) is 0. The molecule has 2 rings (SSSR count). The lowest BCUT2D eigenvalue weighted by atomic mass is 9.99. The molecular weight excluding hydrogens is 384 g/mol. The third kappa shape index (κ3) is 3.93. The summed E-state index contributed by atoms with van der Waals surface area (Å²) in [4.78, 5) is 11.7. The molecule has 0 unspecified atom stereocenters. The van der Waals surface area contributed by atoms with Gasteiger partial charge in [0, 0.05) is 10.9 Å². The van der Waals surface area contributed by atoms with Crippen LogP contribution in [0.15, 0.2) is 18.2 Å². The number of hydrogen-bond donors (Lipinski definition) is 2. The maximum Gasteiger partial charge on any atom is 0.340 e. The lowest BCUT2D eigenvalue weighted by Crippen LogP contribution is -2.39. The number of halogens is 1. The molecule has 148 valence electrons. The molecule has 2 aromatic carbocycles. The van der Waals surface area contributed by atoms with E-state index in [1.54, 1.807) is 12.1 Å². The van der Waals surface area contributed by atoms with E-state index in [-0.39, 0.29) is 17.9 Å². The summed E-state index contributed by atoms with van der Waals surface area (Å²) < 4.78 is 11.8. The number of fused-ring (bicyclic) bond motifs is 1. The first-order chi connectivity index (χ1) is 12.7. The molecule has 0 amide bonds. The summed E-state index contributed by atoms with van der Waals surface area (Å²) >= 11 is 6.55. The minimum atomic E-state index is -1.95. The topological polar surface area (TPSA) is 76.0 Å². The summed E-state index contributed by atoms with van der Waals surface area (Å²) in [6, 6.07) is 6.59. The average Bonchev–Trinajstić information content (AvgIpc) is 2.63. The molecule has 0 aliphatic rings. The van der Waals surface area contributed by atoms with Crippen molar-refractivity contribution in [2.24, 2.45) is 0 Å². The van der Waals surface area contributed by atoms with Crippen molar-refractivity contribution in [3.63, 3.8) is 0 Å². The molecule has 0 spiro atoms. The van der Waals surface area contributed by atoms with Crippen molar-refractivity contribution < 1.29 is 24.2 Å². The molecule has 0 saturated heterocycles. The summed E-state index contributed by atoms with van der Waals surface area (Å²) in [6.45, 7) is 8.96. The lowest BCUT2D eigenvalue weighted by molar-refractivity contribution is 0.0696. The predicted molar refractivity (Wildman–Crippen MR) is 111 cm³/mol. The second kappa shape index (κ2) is 8.50. The summed E-state index contributed by atoms with van der Waals surface area (Å²) in [7, 11) is -0.475. The quantitative estimate of drug-likeness (QED) is 0.536. The molecular formula is C20H27ClO5Si. The van der Waals surface area contributed by atoms with Gasteiger partial charge in [-0.05, 0) is 35.1 Å². The number of carbonyl (C=O) groups is 1. The zero-order valence-electron chi connectivity index (χ0n) is 16.4. The lowest BCUT2D eigenvalue weighted by Gasteiger charge is -2.33. The SMILES string of the molecule is CC[Si](CC)(OCc1c(Cl)c(OC)cc2c(C(=O)O)c(O)ccc12)C(C)C. The van der Waals surface area contributed by atoms with Crippen LogP contribution in [0.5, 0.6) is 11.5 Å². The second-order valence-corrected chi connectivity index (χ2v) is 12.3. The molecule has 0 saturated carbocycles. The van der Waals surface area contributed by atoms with E-state index in [4.69, 9.17) is 20.8 Å². The van der Waals surface area contributed by atoms with Gasteiger partial charge < -0.3 is 19.4 Å². The van der Waals surface area contributed by atoms with Crippen LogP contribution in [0.4, 0.5) is 0 Å². The number of rotatable bonds is 8. The van der Waals surface area contributed by atoms with E-state index in [9.17, 15) is 15.0 Å². The van der Waals surface area contributed by atoms with Crippen molar-refractivity contribution in [1.82, 2.24) is 0 Å². The smallest absolute Gasteiger partial charge is 0.340 e. The van der Waals surface area contributed by atoms with E-state index in [0.717, 1.165) is 12.1 Å². The van der Waals surface area contributed by atoms with E-state index in [1.165, 1.54) is 13.2 Å². The van der Waals surface area contributed by atoms with E-state index in [0.29, 0.717) is 32.6 Å². The number of aromatic hydroxyl groups is 1. The third-order valence-electron chi connectivity index (χ3n) is 5.49. The number of carboxylic acids is 1. The highest BCUT2D eigenvalue weighted by molar-refractivity contribution is 6.74. The van der Waals surface area contributed by atoms with Crippen LogP contribution in [0, 0.1) is 0 Å². The van der Waals surface area contributed by atoms with Crippen LogP contribution in [-0.2, 0) is 11.0 Å². The fourth-order valence-corrected chi connectivity index (χ4v) is 7.24. The van der Waals surface area contributed by atoms with Gasteiger partial charge in [-0.15, -0.1) is 0 Å². The van der Waals surface area contributed by atoms with Crippen LogP contribution in [0.1, 0.15) is 43.6 Å². The van der Waals surface area contributed by atoms with E-state index in [2.05, 4.69) is 27.7 Å².